The maximum absolute atomic E-state index is 11.7. The van der Waals surface area contributed by atoms with Crippen molar-refractivity contribution in [2.24, 2.45) is 5.92 Å². The van der Waals surface area contributed by atoms with Crippen molar-refractivity contribution in [1.29, 1.82) is 0 Å². The summed E-state index contributed by atoms with van der Waals surface area (Å²) in [5.41, 5.74) is 4.28. The van der Waals surface area contributed by atoms with Gasteiger partial charge in [-0.3, -0.25) is 4.79 Å². The quantitative estimate of drug-likeness (QED) is 0.717. The van der Waals surface area contributed by atoms with Crippen LogP contribution in [0.5, 0.6) is 0 Å². The molecule has 0 aromatic heterocycles. The van der Waals surface area contributed by atoms with E-state index in [0.29, 0.717) is 5.92 Å². The van der Waals surface area contributed by atoms with Gasteiger partial charge in [0.15, 0.2) is 5.78 Å². The van der Waals surface area contributed by atoms with E-state index in [4.69, 9.17) is 0 Å². The highest BCUT2D eigenvalue weighted by Gasteiger charge is 2.09. The van der Waals surface area contributed by atoms with Crippen LogP contribution in [-0.4, -0.2) is 5.78 Å². The molecule has 0 saturated heterocycles. The monoisotopic (exact) mass is 252 g/mol. The Labute approximate surface area is 115 Å². The van der Waals surface area contributed by atoms with Gasteiger partial charge < -0.3 is 0 Å². The molecule has 0 fully saturated rings. The number of benzene rings is 2. The lowest BCUT2D eigenvalue weighted by atomic mass is 9.94. The van der Waals surface area contributed by atoms with Crippen LogP contribution in [0.4, 0.5) is 0 Å². The third kappa shape index (κ3) is 3.31. The van der Waals surface area contributed by atoms with Gasteiger partial charge in [-0.05, 0) is 36.0 Å². The number of rotatable bonds is 4. The van der Waals surface area contributed by atoms with Gasteiger partial charge in [0.1, 0.15) is 0 Å². The lowest BCUT2D eigenvalue weighted by Crippen LogP contribution is -1.97. The molecule has 0 aliphatic carbocycles. The van der Waals surface area contributed by atoms with E-state index < -0.39 is 0 Å². The van der Waals surface area contributed by atoms with E-state index >= 15 is 0 Å². The zero-order valence-electron chi connectivity index (χ0n) is 11.8. The van der Waals surface area contributed by atoms with Gasteiger partial charge in [-0.25, -0.2) is 0 Å². The molecule has 2 aromatic rings. The van der Waals surface area contributed by atoms with Gasteiger partial charge in [0, 0.05) is 5.56 Å². The van der Waals surface area contributed by atoms with Crippen molar-refractivity contribution < 1.29 is 4.79 Å². The molecule has 2 aromatic carbocycles. The minimum Gasteiger partial charge on any atom is -0.294 e. The van der Waals surface area contributed by atoms with Gasteiger partial charge in [-0.2, -0.15) is 0 Å². The van der Waals surface area contributed by atoms with Gasteiger partial charge >= 0.3 is 0 Å². The molecule has 0 atom stereocenters. The average Bonchev–Trinajstić information content (AvgIpc) is 2.38. The molecule has 0 N–H and O–H groups in total. The predicted octanol–water partition coefficient (Wildman–Crippen LogP) is 4.75. The largest absolute Gasteiger partial charge is 0.294 e. The SMILES string of the molecule is CC(=O)c1ccccc1-c1cccc(CC(C)C)c1. The van der Waals surface area contributed by atoms with Crippen LogP contribution in [0.3, 0.4) is 0 Å². The Balaban J connectivity index is 2.44. The molecule has 0 saturated carbocycles. The maximum atomic E-state index is 11.7. The number of hydrogen-bond donors (Lipinski definition) is 0. The highest BCUT2D eigenvalue weighted by Crippen LogP contribution is 2.25. The van der Waals surface area contributed by atoms with Gasteiger partial charge in [-0.1, -0.05) is 62.4 Å². The van der Waals surface area contributed by atoms with Crippen LogP contribution in [0.2, 0.25) is 0 Å². The summed E-state index contributed by atoms with van der Waals surface area (Å²) in [4.78, 5) is 11.7. The van der Waals surface area contributed by atoms with Crippen LogP contribution in [0.15, 0.2) is 48.5 Å². The minimum absolute atomic E-state index is 0.116. The molecule has 2 rings (SSSR count). The zero-order chi connectivity index (χ0) is 13.8. The summed E-state index contributed by atoms with van der Waals surface area (Å²) >= 11 is 0. The first-order valence-corrected chi connectivity index (χ1v) is 6.77. The van der Waals surface area contributed by atoms with Crippen molar-refractivity contribution in [2.45, 2.75) is 27.2 Å². The fourth-order valence-corrected chi connectivity index (χ4v) is 2.38. The summed E-state index contributed by atoms with van der Waals surface area (Å²) in [6, 6.07) is 16.3. The number of hydrogen-bond acceptors (Lipinski definition) is 1. The molecule has 0 bridgehead atoms. The number of Topliss-reactive ketones (excluding diaryl/α,β-unsaturated/α-hetero) is 1. The van der Waals surface area contributed by atoms with Crippen molar-refractivity contribution in [2.75, 3.05) is 0 Å². The second kappa shape index (κ2) is 5.83. The Bertz CT molecular complexity index is 582. The lowest BCUT2D eigenvalue weighted by Gasteiger charge is -2.10. The third-order valence-electron chi connectivity index (χ3n) is 3.19. The number of carbonyl (C=O) groups excluding carboxylic acids is 1. The Morgan fingerprint density at radius 2 is 1.79 bits per heavy atom. The molecule has 0 aliphatic heterocycles. The first kappa shape index (κ1) is 13.5. The second-order valence-corrected chi connectivity index (χ2v) is 5.40. The summed E-state index contributed by atoms with van der Waals surface area (Å²) in [7, 11) is 0. The molecule has 0 amide bonds. The number of ketones is 1. The predicted molar refractivity (Wildman–Crippen MR) is 80.4 cm³/mol. The van der Waals surface area contributed by atoms with Crippen molar-refractivity contribution in [3.63, 3.8) is 0 Å². The highest BCUT2D eigenvalue weighted by atomic mass is 16.1. The van der Waals surface area contributed by atoms with Crippen LogP contribution < -0.4 is 0 Å². The normalized spacial score (nSPS) is 10.7. The van der Waals surface area contributed by atoms with E-state index in [1.807, 2.05) is 24.3 Å². The molecule has 1 nitrogen and oxygen atoms in total. The molecule has 0 unspecified atom stereocenters. The minimum atomic E-state index is 0.116. The van der Waals surface area contributed by atoms with E-state index in [9.17, 15) is 4.79 Å². The Morgan fingerprint density at radius 1 is 1.05 bits per heavy atom. The molecular formula is C18H20O. The van der Waals surface area contributed by atoms with Crippen LogP contribution in [0.1, 0.15) is 36.7 Å². The summed E-state index contributed by atoms with van der Waals surface area (Å²) < 4.78 is 0. The van der Waals surface area contributed by atoms with E-state index in [0.717, 1.165) is 23.1 Å². The van der Waals surface area contributed by atoms with Gasteiger partial charge in [0.05, 0.1) is 0 Å². The Hall–Kier alpha value is -1.89. The Kier molecular flexibility index (Phi) is 4.16. The smallest absolute Gasteiger partial charge is 0.160 e. The first-order valence-electron chi connectivity index (χ1n) is 6.77. The van der Waals surface area contributed by atoms with Crippen molar-refractivity contribution in [3.8, 4) is 11.1 Å². The van der Waals surface area contributed by atoms with Crippen LogP contribution in [0.25, 0.3) is 11.1 Å². The third-order valence-corrected chi connectivity index (χ3v) is 3.19. The lowest BCUT2D eigenvalue weighted by molar-refractivity contribution is 0.101. The van der Waals surface area contributed by atoms with E-state index in [1.165, 1.54) is 5.56 Å². The summed E-state index contributed by atoms with van der Waals surface area (Å²) in [6.07, 6.45) is 1.07. The molecular weight excluding hydrogens is 232 g/mol. The summed E-state index contributed by atoms with van der Waals surface area (Å²) in [5, 5.41) is 0. The molecule has 19 heavy (non-hydrogen) atoms. The zero-order valence-corrected chi connectivity index (χ0v) is 11.8. The number of carbonyl (C=O) groups is 1. The molecule has 0 radical (unpaired) electrons. The Morgan fingerprint density at radius 3 is 2.47 bits per heavy atom. The first-order chi connectivity index (χ1) is 9.08. The van der Waals surface area contributed by atoms with Gasteiger partial charge in [0.25, 0.3) is 0 Å². The molecule has 1 heteroatoms. The molecule has 0 aliphatic rings. The molecule has 0 heterocycles. The van der Waals surface area contributed by atoms with E-state index in [2.05, 4.69) is 38.1 Å². The van der Waals surface area contributed by atoms with Gasteiger partial charge in [0.2, 0.25) is 0 Å². The standard InChI is InChI=1S/C18H20O/c1-13(2)11-15-7-6-8-16(12-15)18-10-5-4-9-17(18)14(3)19/h4-10,12-13H,11H2,1-3H3. The highest BCUT2D eigenvalue weighted by molar-refractivity contribution is 6.00. The average molecular weight is 252 g/mol. The maximum Gasteiger partial charge on any atom is 0.160 e. The molecule has 98 valence electrons. The fourth-order valence-electron chi connectivity index (χ4n) is 2.38. The summed E-state index contributed by atoms with van der Waals surface area (Å²) in [5.74, 6) is 0.753. The second-order valence-electron chi connectivity index (χ2n) is 5.40. The molecule has 0 spiro atoms. The van der Waals surface area contributed by atoms with Crippen LogP contribution in [-0.2, 0) is 6.42 Å². The van der Waals surface area contributed by atoms with Crippen molar-refractivity contribution in [1.82, 2.24) is 0 Å². The topological polar surface area (TPSA) is 17.1 Å². The van der Waals surface area contributed by atoms with Gasteiger partial charge in [-0.15, -0.1) is 0 Å². The van der Waals surface area contributed by atoms with Crippen LogP contribution in [0, 0.1) is 5.92 Å². The van der Waals surface area contributed by atoms with E-state index in [1.54, 1.807) is 6.92 Å². The fraction of sp³-hybridized carbons (Fsp3) is 0.278. The van der Waals surface area contributed by atoms with Crippen molar-refractivity contribution in [3.05, 3.63) is 59.7 Å². The summed E-state index contributed by atoms with van der Waals surface area (Å²) in [6.45, 7) is 6.06. The van der Waals surface area contributed by atoms with Crippen molar-refractivity contribution >= 4 is 5.78 Å². The van der Waals surface area contributed by atoms with E-state index in [-0.39, 0.29) is 5.78 Å². The van der Waals surface area contributed by atoms with Crippen LogP contribution >= 0.6 is 0 Å².